The molecule has 3 nitrogen and oxygen atoms in total. The maximum Gasteiger partial charge on any atom is 0.0620 e. The van der Waals surface area contributed by atoms with Crippen molar-refractivity contribution in [2.75, 3.05) is 26.3 Å². The molecule has 106 valence electrons. The zero-order chi connectivity index (χ0) is 13.9. The van der Waals surface area contributed by atoms with E-state index in [0.717, 1.165) is 31.2 Å². The molecule has 1 heterocycles. The van der Waals surface area contributed by atoms with Crippen molar-refractivity contribution in [1.82, 2.24) is 4.90 Å². The van der Waals surface area contributed by atoms with Crippen molar-refractivity contribution in [2.24, 2.45) is 5.73 Å². The van der Waals surface area contributed by atoms with Gasteiger partial charge in [0.25, 0.3) is 0 Å². The highest BCUT2D eigenvalue weighted by Gasteiger charge is 2.35. The molecule has 2 rings (SSSR count). The van der Waals surface area contributed by atoms with Crippen molar-refractivity contribution >= 4 is 11.6 Å². The number of hydrogen-bond acceptors (Lipinski definition) is 3. The van der Waals surface area contributed by atoms with Gasteiger partial charge >= 0.3 is 0 Å². The van der Waals surface area contributed by atoms with Crippen LogP contribution in [0.15, 0.2) is 24.3 Å². The first-order chi connectivity index (χ1) is 9.05. The molecule has 1 aromatic carbocycles. The molecule has 0 spiro atoms. The van der Waals surface area contributed by atoms with Crippen molar-refractivity contribution < 1.29 is 4.74 Å². The third kappa shape index (κ3) is 3.48. The Morgan fingerprint density at radius 2 is 2.11 bits per heavy atom. The summed E-state index contributed by atoms with van der Waals surface area (Å²) < 4.78 is 5.52. The largest absolute Gasteiger partial charge is 0.379 e. The lowest BCUT2D eigenvalue weighted by molar-refractivity contribution is -0.0506. The van der Waals surface area contributed by atoms with Crippen LogP contribution in [0.4, 0.5) is 0 Å². The quantitative estimate of drug-likeness (QED) is 0.921. The Hall–Kier alpha value is -0.610. The highest BCUT2D eigenvalue weighted by molar-refractivity contribution is 6.30. The average molecular weight is 283 g/mol. The minimum atomic E-state index is -0.0307. The lowest BCUT2D eigenvalue weighted by Crippen LogP contribution is -2.60. The second-order valence-corrected chi connectivity index (χ2v) is 6.06. The summed E-state index contributed by atoms with van der Waals surface area (Å²) in [5.74, 6) is 0. The van der Waals surface area contributed by atoms with Crippen LogP contribution in [0.3, 0.4) is 0 Å². The van der Waals surface area contributed by atoms with Crippen LogP contribution in [0.5, 0.6) is 0 Å². The molecule has 0 aliphatic carbocycles. The molecule has 4 heteroatoms. The predicted molar refractivity (Wildman–Crippen MR) is 79.6 cm³/mol. The molecule has 1 saturated heterocycles. The van der Waals surface area contributed by atoms with Crippen LogP contribution < -0.4 is 5.73 Å². The summed E-state index contributed by atoms with van der Waals surface area (Å²) in [6.45, 7) is 7.61. The van der Waals surface area contributed by atoms with Gasteiger partial charge in [-0.15, -0.1) is 0 Å². The van der Waals surface area contributed by atoms with E-state index in [2.05, 4.69) is 30.9 Å². The topological polar surface area (TPSA) is 38.5 Å². The summed E-state index contributed by atoms with van der Waals surface area (Å²) in [6, 6.07) is 8.46. The highest BCUT2D eigenvalue weighted by atomic mass is 35.5. The molecule has 1 aliphatic heterocycles. The van der Waals surface area contributed by atoms with Gasteiger partial charge in [0, 0.05) is 29.7 Å². The van der Waals surface area contributed by atoms with Gasteiger partial charge < -0.3 is 10.5 Å². The monoisotopic (exact) mass is 282 g/mol. The van der Waals surface area contributed by atoms with Crippen molar-refractivity contribution in [1.29, 1.82) is 0 Å². The van der Waals surface area contributed by atoms with Crippen LogP contribution in [0.1, 0.15) is 19.4 Å². The average Bonchev–Trinajstić information content (AvgIpc) is 2.42. The van der Waals surface area contributed by atoms with Crippen molar-refractivity contribution in [2.45, 2.75) is 31.8 Å². The normalized spacial score (nSPS) is 24.1. The van der Waals surface area contributed by atoms with Gasteiger partial charge in [0.1, 0.15) is 0 Å². The first kappa shape index (κ1) is 14.8. The number of morpholine rings is 1. The smallest absolute Gasteiger partial charge is 0.0620 e. The molecule has 19 heavy (non-hydrogen) atoms. The van der Waals surface area contributed by atoms with Gasteiger partial charge in [0.15, 0.2) is 0 Å². The Kier molecular flexibility index (Phi) is 4.85. The van der Waals surface area contributed by atoms with Gasteiger partial charge in [0.2, 0.25) is 0 Å². The van der Waals surface area contributed by atoms with Gasteiger partial charge in [-0.2, -0.15) is 0 Å². The third-order valence-corrected chi connectivity index (χ3v) is 4.25. The third-order valence-electron chi connectivity index (χ3n) is 4.00. The fourth-order valence-electron chi connectivity index (χ4n) is 2.86. The molecule has 1 aromatic rings. The van der Waals surface area contributed by atoms with Crippen molar-refractivity contribution in [3.05, 3.63) is 34.9 Å². The lowest BCUT2D eigenvalue weighted by Gasteiger charge is -2.46. The van der Waals surface area contributed by atoms with E-state index in [1.54, 1.807) is 0 Å². The van der Waals surface area contributed by atoms with Crippen LogP contribution >= 0.6 is 11.6 Å². The highest BCUT2D eigenvalue weighted by Crippen LogP contribution is 2.25. The van der Waals surface area contributed by atoms with Gasteiger partial charge in [-0.05, 0) is 38.0 Å². The first-order valence-electron chi connectivity index (χ1n) is 6.84. The second-order valence-electron chi connectivity index (χ2n) is 5.62. The Balaban J connectivity index is 2.14. The number of benzene rings is 1. The molecule has 0 radical (unpaired) electrons. The number of rotatable bonds is 4. The Bertz CT molecular complexity index is 409. The van der Waals surface area contributed by atoms with Crippen molar-refractivity contribution in [3.63, 3.8) is 0 Å². The SMILES string of the molecule is CC1COCCN1C(C)(CN)Cc1ccc(Cl)cc1. The Morgan fingerprint density at radius 1 is 1.42 bits per heavy atom. The molecule has 1 aliphatic rings. The number of nitrogens with zero attached hydrogens (tertiary/aromatic N) is 1. The number of halogens is 1. The lowest BCUT2D eigenvalue weighted by atomic mass is 9.89. The van der Waals surface area contributed by atoms with Crippen LogP contribution in [0.2, 0.25) is 5.02 Å². The standard InChI is InChI=1S/C15H23ClN2O/c1-12-10-19-8-7-18(12)15(2,11-17)9-13-3-5-14(16)6-4-13/h3-6,12H,7-11,17H2,1-2H3. The van der Waals surface area contributed by atoms with Crippen LogP contribution in [0, 0.1) is 0 Å². The predicted octanol–water partition coefficient (Wildman–Crippen LogP) is 2.32. The van der Waals surface area contributed by atoms with Gasteiger partial charge in [-0.3, -0.25) is 4.90 Å². The van der Waals surface area contributed by atoms with E-state index < -0.39 is 0 Å². The first-order valence-corrected chi connectivity index (χ1v) is 7.22. The summed E-state index contributed by atoms with van der Waals surface area (Å²) >= 11 is 5.94. The molecule has 0 bridgehead atoms. The molecular formula is C15H23ClN2O. The molecule has 2 N–H and O–H groups in total. The zero-order valence-electron chi connectivity index (χ0n) is 11.7. The van der Waals surface area contributed by atoms with E-state index in [1.165, 1.54) is 5.56 Å². The van der Waals surface area contributed by atoms with E-state index >= 15 is 0 Å². The summed E-state index contributed by atoms with van der Waals surface area (Å²) in [5.41, 5.74) is 7.31. The molecule has 1 fully saturated rings. The maximum atomic E-state index is 6.07. The second kappa shape index (κ2) is 6.23. The van der Waals surface area contributed by atoms with Crippen molar-refractivity contribution in [3.8, 4) is 0 Å². The zero-order valence-corrected chi connectivity index (χ0v) is 12.5. The summed E-state index contributed by atoms with van der Waals surface area (Å²) in [4.78, 5) is 2.48. The Labute approximate surface area is 120 Å². The van der Waals surface area contributed by atoms with Gasteiger partial charge in [-0.1, -0.05) is 23.7 Å². The van der Waals surface area contributed by atoms with E-state index in [4.69, 9.17) is 22.1 Å². The van der Waals surface area contributed by atoms with Crippen LogP contribution in [0.25, 0.3) is 0 Å². The minimum absolute atomic E-state index is 0.0307. The molecule has 2 atom stereocenters. The number of hydrogen-bond donors (Lipinski definition) is 1. The molecule has 0 aromatic heterocycles. The molecular weight excluding hydrogens is 260 g/mol. The fourth-order valence-corrected chi connectivity index (χ4v) is 2.99. The van der Waals surface area contributed by atoms with Crippen LogP contribution in [-0.2, 0) is 11.2 Å². The summed E-state index contributed by atoms with van der Waals surface area (Å²) in [7, 11) is 0. The van der Waals surface area contributed by atoms with E-state index in [-0.39, 0.29) is 5.54 Å². The fraction of sp³-hybridized carbons (Fsp3) is 0.600. The number of ether oxygens (including phenoxy) is 1. The number of nitrogens with two attached hydrogens (primary N) is 1. The maximum absolute atomic E-state index is 6.07. The van der Waals surface area contributed by atoms with E-state index in [9.17, 15) is 0 Å². The minimum Gasteiger partial charge on any atom is -0.379 e. The van der Waals surface area contributed by atoms with Gasteiger partial charge in [-0.25, -0.2) is 0 Å². The van der Waals surface area contributed by atoms with E-state index in [1.807, 2.05) is 12.1 Å². The molecule has 2 unspecified atom stereocenters. The molecule has 0 amide bonds. The Morgan fingerprint density at radius 3 is 2.68 bits per heavy atom. The summed E-state index contributed by atoms with van der Waals surface area (Å²) in [6.07, 6.45) is 0.936. The van der Waals surface area contributed by atoms with Gasteiger partial charge in [0.05, 0.1) is 13.2 Å². The molecule has 0 saturated carbocycles. The van der Waals surface area contributed by atoms with Crippen LogP contribution in [-0.4, -0.2) is 42.8 Å². The van der Waals surface area contributed by atoms with E-state index in [0.29, 0.717) is 12.6 Å². The summed E-state index contributed by atoms with van der Waals surface area (Å²) in [5, 5.41) is 0.776.